The molecule has 0 aliphatic carbocycles. The number of anilines is 2. The fourth-order valence-corrected chi connectivity index (χ4v) is 2.39. The first-order valence-electron chi connectivity index (χ1n) is 7.23. The molecule has 3 rings (SSSR count). The number of carbonyl (C=O) groups is 1. The van der Waals surface area contributed by atoms with E-state index in [2.05, 4.69) is 20.4 Å². The van der Waals surface area contributed by atoms with Crippen LogP contribution in [0.1, 0.15) is 35.9 Å². The average Bonchev–Trinajstić information content (AvgIpc) is 3.11. The van der Waals surface area contributed by atoms with E-state index in [1.165, 1.54) is 12.5 Å². The lowest BCUT2D eigenvalue weighted by atomic mass is 10.2. The van der Waals surface area contributed by atoms with Gasteiger partial charge in [-0.1, -0.05) is 0 Å². The number of aromatic amines is 1. The van der Waals surface area contributed by atoms with E-state index in [1.54, 1.807) is 4.57 Å². The molecule has 0 saturated heterocycles. The van der Waals surface area contributed by atoms with Gasteiger partial charge in [-0.05, 0) is 13.8 Å². The number of carbonyl (C=O) groups excluding carboxylic acids is 1. The van der Waals surface area contributed by atoms with Gasteiger partial charge in [-0.2, -0.15) is 18.3 Å². The Kier molecular flexibility index (Phi) is 3.85. The van der Waals surface area contributed by atoms with Crippen molar-refractivity contribution >= 4 is 28.6 Å². The molecule has 8 nitrogen and oxygen atoms in total. The highest BCUT2D eigenvalue weighted by Crippen LogP contribution is 2.30. The maximum absolute atomic E-state index is 12.6. The number of aromatic nitrogens is 5. The van der Waals surface area contributed by atoms with Crippen molar-refractivity contribution in [3.8, 4) is 0 Å². The van der Waals surface area contributed by atoms with E-state index in [0.29, 0.717) is 17.1 Å². The predicted octanol–water partition coefficient (Wildman–Crippen LogP) is 2.59. The minimum atomic E-state index is -4.58. The molecule has 0 fully saturated rings. The van der Waals surface area contributed by atoms with E-state index >= 15 is 0 Å². The van der Waals surface area contributed by atoms with E-state index < -0.39 is 17.8 Å². The number of halogens is 3. The Labute approximate surface area is 139 Å². The summed E-state index contributed by atoms with van der Waals surface area (Å²) < 4.78 is 39.5. The number of nitrogen functional groups attached to an aromatic ring is 1. The smallest absolute Gasteiger partial charge is 0.383 e. The lowest BCUT2D eigenvalue weighted by Gasteiger charge is -2.07. The molecule has 3 aromatic rings. The quantitative estimate of drug-likeness (QED) is 0.669. The minimum Gasteiger partial charge on any atom is -0.383 e. The topological polar surface area (TPSA) is 115 Å². The molecule has 3 heterocycles. The molecule has 0 bridgehead atoms. The number of hydrogen-bond donors (Lipinski definition) is 3. The van der Waals surface area contributed by atoms with E-state index in [9.17, 15) is 18.0 Å². The lowest BCUT2D eigenvalue weighted by molar-refractivity contribution is -0.141. The van der Waals surface area contributed by atoms with Crippen molar-refractivity contribution in [1.82, 2.24) is 24.7 Å². The fourth-order valence-electron chi connectivity index (χ4n) is 2.39. The van der Waals surface area contributed by atoms with Crippen molar-refractivity contribution in [1.29, 1.82) is 0 Å². The maximum Gasteiger partial charge on any atom is 0.432 e. The molecule has 132 valence electrons. The lowest BCUT2D eigenvalue weighted by Crippen LogP contribution is -2.12. The Bertz CT molecular complexity index is 942. The number of alkyl halides is 3. The molecule has 0 spiro atoms. The third-order valence-corrected chi connectivity index (χ3v) is 3.56. The van der Waals surface area contributed by atoms with Gasteiger partial charge >= 0.3 is 6.18 Å². The number of nitrogens with two attached hydrogens (primary N) is 1. The molecule has 0 unspecified atom stereocenters. The summed E-state index contributed by atoms with van der Waals surface area (Å²) in [7, 11) is 0. The number of H-pyrrole nitrogens is 1. The molecule has 0 aromatic carbocycles. The van der Waals surface area contributed by atoms with Crippen molar-refractivity contribution in [3.63, 3.8) is 0 Å². The van der Waals surface area contributed by atoms with Crippen molar-refractivity contribution in [3.05, 3.63) is 29.8 Å². The van der Waals surface area contributed by atoms with Crippen LogP contribution in [0.5, 0.6) is 0 Å². The molecule has 0 aliphatic heterocycles. The number of nitrogens with one attached hydrogen (secondary N) is 2. The van der Waals surface area contributed by atoms with Gasteiger partial charge in [0.2, 0.25) is 0 Å². The zero-order valence-electron chi connectivity index (χ0n) is 13.2. The van der Waals surface area contributed by atoms with Gasteiger partial charge in [0, 0.05) is 18.3 Å². The first-order valence-corrected chi connectivity index (χ1v) is 7.23. The Morgan fingerprint density at radius 2 is 2.08 bits per heavy atom. The van der Waals surface area contributed by atoms with Gasteiger partial charge in [-0.25, -0.2) is 9.97 Å². The van der Waals surface area contributed by atoms with E-state index in [4.69, 9.17) is 5.73 Å². The van der Waals surface area contributed by atoms with Crippen molar-refractivity contribution in [2.45, 2.75) is 26.1 Å². The maximum atomic E-state index is 12.6. The van der Waals surface area contributed by atoms with E-state index in [-0.39, 0.29) is 23.2 Å². The average molecular weight is 353 g/mol. The Morgan fingerprint density at radius 1 is 1.36 bits per heavy atom. The summed E-state index contributed by atoms with van der Waals surface area (Å²) >= 11 is 0. The molecule has 0 aliphatic rings. The van der Waals surface area contributed by atoms with Crippen LogP contribution in [0.3, 0.4) is 0 Å². The molecule has 11 heteroatoms. The highest BCUT2D eigenvalue weighted by atomic mass is 19.4. The first-order chi connectivity index (χ1) is 11.7. The molecule has 25 heavy (non-hydrogen) atoms. The van der Waals surface area contributed by atoms with Crippen LogP contribution in [0, 0.1) is 0 Å². The first kappa shape index (κ1) is 16.7. The van der Waals surface area contributed by atoms with Crippen LogP contribution in [0.15, 0.2) is 18.6 Å². The van der Waals surface area contributed by atoms with E-state index in [0.717, 1.165) is 0 Å². The monoisotopic (exact) mass is 353 g/mol. The third-order valence-electron chi connectivity index (χ3n) is 3.56. The van der Waals surface area contributed by atoms with Crippen LogP contribution in [0.2, 0.25) is 0 Å². The van der Waals surface area contributed by atoms with E-state index in [1.807, 2.05) is 18.9 Å². The van der Waals surface area contributed by atoms with Gasteiger partial charge in [-0.3, -0.25) is 9.89 Å². The van der Waals surface area contributed by atoms with Crippen LogP contribution in [0.4, 0.5) is 24.8 Å². The second kappa shape index (κ2) is 5.76. The van der Waals surface area contributed by atoms with Crippen LogP contribution in [0.25, 0.3) is 11.0 Å². The van der Waals surface area contributed by atoms with Crippen molar-refractivity contribution in [2.75, 3.05) is 11.1 Å². The second-order valence-corrected chi connectivity index (χ2v) is 5.62. The van der Waals surface area contributed by atoms with Crippen molar-refractivity contribution in [2.24, 2.45) is 0 Å². The predicted molar refractivity (Wildman–Crippen MR) is 83.9 cm³/mol. The van der Waals surface area contributed by atoms with Crippen LogP contribution >= 0.6 is 0 Å². The molecule has 1 amide bonds. The summed E-state index contributed by atoms with van der Waals surface area (Å²) in [6, 6.07) is 0.694. The highest BCUT2D eigenvalue weighted by Gasteiger charge is 2.33. The summed E-state index contributed by atoms with van der Waals surface area (Å²) in [5, 5.41) is 7.93. The number of nitrogens with zero attached hydrogens (tertiary/aromatic N) is 4. The summed E-state index contributed by atoms with van der Waals surface area (Å²) in [4.78, 5) is 20.5. The zero-order chi connectivity index (χ0) is 18.4. The number of hydrogen-bond acceptors (Lipinski definition) is 5. The van der Waals surface area contributed by atoms with Crippen LogP contribution in [-0.2, 0) is 6.18 Å². The second-order valence-electron chi connectivity index (χ2n) is 5.62. The molecular formula is C14H14F3N7O. The number of amides is 1. The zero-order valence-corrected chi connectivity index (χ0v) is 13.2. The standard InChI is InChI=1S/C14H14F3N7O/c1-6(2)24-4-7(10-11(18)19-5-20-12(10)24)13(25)21-9-3-8(22-23-9)14(15,16)17/h3-6H,1-2H3,(H2,18,19,20)(H2,21,22,23,25). The van der Waals surface area contributed by atoms with Gasteiger partial charge in [-0.15, -0.1) is 0 Å². The number of fused-ring (bicyclic) bond motifs is 1. The third kappa shape index (κ3) is 2.99. The molecule has 0 saturated carbocycles. The van der Waals surface area contributed by atoms with Crippen LogP contribution in [-0.4, -0.2) is 30.6 Å². The van der Waals surface area contributed by atoms with Gasteiger partial charge < -0.3 is 15.6 Å². The summed E-state index contributed by atoms with van der Waals surface area (Å²) in [5.74, 6) is -0.808. The molecule has 0 atom stereocenters. The van der Waals surface area contributed by atoms with Gasteiger partial charge in [0.1, 0.15) is 23.5 Å². The summed E-state index contributed by atoms with van der Waals surface area (Å²) in [6.45, 7) is 3.78. The molecule has 0 radical (unpaired) electrons. The Morgan fingerprint density at radius 3 is 2.68 bits per heavy atom. The molecule has 3 aromatic heterocycles. The fraction of sp³-hybridized carbons (Fsp3) is 0.286. The van der Waals surface area contributed by atoms with Crippen molar-refractivity contribution < 1.29 is 18.0 Å². The molecule has 4 N–H and O–H groups in total. The minimum absolute atomic E-state index is 0.0134. The Hall–Kier alpha value is -3.11. The Balaban J connectivity index is 1.99. The number of rotatable bonds is 3. The summed E-state index contributed by atoms with van der Waals surface area (Å²) in [6.07, 6.45) is -1.77. The van der Waals surface area contributed by atoms with Crippen LogP contribution < -0.4 is 11.1 Å². The van der Waals surface area contributed by atoms with Gasteiger partial charge in [0.05, 0.1) is 10.9 Å². The SMILES string of the molecule is CC(C)n1cc(C(=O)Nc2cc(C(F)(F)F)[nH]n2)c2c(N)ncnc21. The van der Waals surface area contributed by atoms with Gasteiger partial charge in [0.25, 0.3) is 5.91 Å². The highest BCUT2D eigenvalue weighted by molar-refractivity contribution is 6.14. The van der Waals surface area contributed by atoms with Gasteiger partial charge in [0.15, 0.2) is 5.82 Å². The largest absolute Gasteiger partial charge is 0.432 e. The molecular weight excluding hydrogens is 339 g/mol. The summed E-state index contributed by atoms with van der Waals surface area (Å²) in [5.41, 5.74) is 5.40. The normalized spacial score (nSPS) is 12.1.